The van der Waals surface area contributed by atoms with Gasteiger partial charge in [-0.3, -0.25) is 4.79 Å². The van der Waals surface area contributed by atoms with Crippen molar-refractivity contribution in [2.24, 2.45) is 0 Å². The number of amides is 2. The first-order valence-electron chi connectivity index (χ1n) is 6.57. The van der Waals surface area contributed by atoms with Gasteiger partial charge in [-0.25, -0.2) is 4.79 Å². The molecule has 1 aromatic rings. The molecule has 0 saturated carbocycles. The molecule has 21 heavy (non-hydrogen) atoms. The van der Waals surface area contributed by atoms with Crippen LogP contribution in [0.25, 0.3) is 0 Å². The molecule has 1 heterocycles. The number of methoxy groups -OCH3 is 2. The largest absolute Gasteiger partial charge is 0.493 e. The number of nitrogens with zero attached hydrogens (tertiary/aromatic N) is 1. The first-order chi connectivity index (χ1) is 10.1. The summed E-state index contributed by atoms with van der Waals surface area (Å²) in [7, 11) is 3.08. The van der Waals surface area contributed by atoms with E-state index in [2.05, 4.69) is 5.32 Å². The van der Waals surface area contributed by atoms with Crippen LogP contribution in [0.5, 0.6) is 11.5 Å². The Morgan fingerprint density at radius 3 is 2.71 bits per heavy atom. The number of carbonyl (C=O) groups excluding carboxylic acids is 2. The van der Waals surface area contributed by atoms with Crippen molar-refractivity contribution < 1.29 is 23.8 Å². The van der Waals surface area contributed by atoms with E-state index in [1.165, 1.54) is 12.0 Å². The zero-order valence-electron chi connectivity index (χ0n) is 12.0. The number of rotatable bonds is 6. The van der Waals surface area contributed by atoms with Gasteiger partial charge in [-0.15, -0.1) is 0 Å². The zero-order valence-corrected chi connectivity index (χ0v) is 12.0. The quantitative estimate of drug-likeness (QED) is 0.860. The molecule has 1 saturated heterocycles. The molecule has 1 aromatic carbocycles. The molecular formula is C14H18N2O5. The van der Waals surface area contributed by atoms with Crippen molar-refractivity contribution in [2.45, 2.75) is 6.42 Å². The van der Waals surface area contributed by atoms with Crippen LogP contribution < -0.4 is 14.8 Å². The predicted molar refractivity (Wildman–Crippen MR) is 75.7 cm³/mol. The topological polar surface area (TPSA) is 77.1 Å². The van der Waals surface area contributed by atoms with E-state index in [0.717, 1.165) is 0 Å². The van der Waals surface area contributed by atoms with Gasteiger partial charge >= 0.3 is 6.09 Å². The van der Waals surface area contributed by atoms with Gasteiger partial charge in [-0.2, -0.15) is 0 Å². The van der Waals surface area contributed by atoms with Crippen molar-refractivity contribution in [3.63, 3.8) is 0 Å². The number of ether oxygens (including phenoxy) is 3. The highest BCUT2D eigenvalue weighted by Gasteiger charge is 2.22. The van der Waals surface area contributed by atoms with E-state index in [9.17, 15) is 9.59 Å². The normalized spacial score (nSPS) is 13.8. The molecule has 0 unspecified atom stereocenters. The molecule has 1 fully saturated rings. The third-order valence-electron chi connectivity index (χ3n) is 3.12. The van der Waals surface area contributed by atoms with Gasteiger partial charge in [0.05, 0.1) is 20.8 Å². The number of carbonyl (C=O) groups is 2. The fourth-order valence-corrected chi connectivity index (χ4v) is 2.00. The second-order valence-electron chi connectivity index (χ2n) is 4.47. The fraction of sp³-hybridized carbons (Fsp3) is 0.429. The van der Waals surface area contributed by atoms with Crippen molar-refractivity contribution in [3.8, 4) is 11.5 Å². The smallest absolute Gasteiger partial charge is 0.409 e. The third kappa shape index (κ3) is 3.77. The van der Waals surface area contributed by atoms with Crippen molar-refractivity contribution in [1.82, 2.24) is 4.90 Å². The summed E-state index contributed by atoms with van der Waals surface area (Å²) in [5, 5.41) is 2.75. The SMILES string of the molecule is COc1ccc(NC(=O)CCN2CCOC2=O)cc1OC. The number of hydrogen-bond donors (Lipinski definition) is 1. The Labute approximate surface area is 122 Å². The first kappa shape index (κ1) is 15.0. The Morgan fingerprint density at radius 1 is 1.33 bits per heavy atom. The first-order valence-corrected chi connectivity index (χ1v) is 6.57. The van der Waals surface area contributed by atoms with Crippen LogP contribution in [0.15, 0.2) is 18.2 Å². The summed E-state index contributed by atoms with van der Waals surface area (Å²) in [6.45, 7) is 1.26. The van der Waals surface area contributed by atoms with Crippen LogP contribution in [-0.4, -0.2) is 50.8 Å². The highest BCUT2D eigenvalue weighted by molar-refractivity contribution is 5.91. The van der Waals surface area contributed by atoms with Gasteiger partial charge in [0.1, 0.15) is 6.61 Å². The Kier molecular flexibility index (Phi) is 4.86. The van der Waals surface area contributed by atoms with Crippen LogP contribution in [0.2, 0.25) is 0 Å². The molecule has 0 aromatic heterocycles. The number of benzene rings is 1. The highest BCUT2D eigenvalue weighted by atomic mass is 16.6. The minimum Gasteiger partial charge on any atom is -0.493 e. The number of cyclic esters (lactones) is 1. The van der Waals surface area contributed by atoms with Crippen LogP contribution in [0.1, 0.15) is 6.42 Å². The molecule has 2 rings (SSSR count). The molecule has 1 aliphatic heterocycles. The summed E-state index contributed by atoms with van der Waals surface area (Å²) < 4.78 is 15.1. The van der Waals surface area contributed by atoms with Crippen molar-refractivity contribution in [2.75, 3.05) is 39.2 Å². The second kappa shape index (κ2) is 6.83. The zero-order chi connectivity index (χ0) is 15.2. The van der Waals surface area contributed by atoms with E-state index in [4.69, 9.17) is 14.2 Å². The monoisotopic (exact) mass is 294 g/mol. The molecule has 0 radical (unpaired) electrons. The molecule has 0 aliphatic carbocycles. The fourth-order valence-electron chi connectivity index (χ4n) is 2.00. The van der Waals surface area contributed by atoms with Gasteiger partial charge in [0.2, 0.25) is 5.91 Å². The van der Waals surface area contributed by atoms with Crippen LogP contribution in [0.3, 0.4) is 0 Å². The molecule has 1 aliphatic rings. The average molecular weight is 294 g/mol. The molecule has 0 atom stereocenters. The lowest BCUT2D eigenvalue weighted by Crippen LogP contribution is -2.28. The summed E-state index contributed by atoms with van der Waals surface area (Å²) in [4.78, 5) is 24.6. The van der Waals surface area contributed by atoms with Gasteiger partial charge < -0.3 is 24.4 Å². The van der Waals surface area contributed by atoms with Crippen molar-refractivity contribution in [1.29, 1.82) is 0 Å². The summed E-state index contributed by atoms with van der Waals surface area (Å²) >= 11 is 0. The Balaban J connectivity index is 1.88. The van der Waals surface area contributed by atoms with Gasteiger partial charge in [-0.05, 0) is 12.1 Å². The molecule has 114 valence electrons. The lowest BCUT2D eigenvalue weighted by atomic mass is 10.2. The minimum atomic E-state index is -0.367. The van der Waals surface area contributed by atoms with E-state index in [1.54, 1.807) is 25.3 Å². The van der Waals surface area contributed by atoms with Crippen LogP contribution in [-0.2, 0) is 9.53 Å². The Hall–Kier alpha value is -2.44. The Morgan fingerprint density at radius 2 is 2.10 bits per heavy atom. The second-order valence-corrected chi connectivity index (χ2v) is 4.47. The van der Waals surface area contributed by atoms with Gasteiger partial charge in [-0.1, -0.05) is 0 Å². The van der Waals surface area contributed by atoms with Crippen molar-refractivity contribution in [3.05, 3.63) is 18.2 Å². The summed E-state index contributed by atoms with van der Waals surface area (Å²) in [6, 6.07) is 5.12. The molecular weight excluding hydrogens is 276 g/mol. The van der Waals surface area contributed by atoms with E-state index in [0.29, 0.717) is 36.9 Å². The minimum absolute atomic E-state index is 0.179. The maximum atomic E-state index is 11.9. The Bertz CT molecular complexity index is 532. The summed E-state index contributed by atoms with van der Waals surface area (Å²) in [5.74, 6) is 0.954. The van der Waals surface area contributed by atoms with E-state index in [-0.39, 0.29) is 18.4 Å². The lowest BCUT2D eigenvalue weighted by molar-refractivity contribution is -0.116. The lowest BCUT2D eigenvalue weighted by Gasteiger charge is -2.13. The molecule has 0 bridgehead atoms. The van der Waals surface area contributed by atoms with E-state index in [1.807, 2.05) is 0 Å². The molecule has 1 N–H and O–H groups in total. The molecule has 7 nitrogen and oxygen atoms in total. The van der Waals surface area contributed by atoms with Gasteiger partial charge in [0, 0.05) is 24.7 Å². The average Bonchev–Trinajstić information content (AvgIpc) is 2.90. The summed E-state index contributed by atoms with van der Waals surface area (Å²) in [5.41, 5.74) is 0.613. The highest BCUT2D eigenvalue weighted by Crippen LogP contribution is 2.29. The van der Waals surface area contributed by atoms with Crippen molar-refractivity contribution >= 4 is 17.7 Å². The number of nitrogens with one attached hydrogen (secondary N) is 1. The van der Waals surface area contributed by atoms with E-state index >= 15 is 0 Å². The molecule has 2 amide bonds. The predicted octanol–water partition coefficient (Wildman–Crippen LogP) is 1.48. The number of hydrogen-bond acceptors (Lipinski definition) is 5. The third-order valence-corrected chi connectivity index (χ3v) is 3.12. The van der Waals surface area contributed by atoms with E-state index < -0.39 is 0 Å². The van der Waals surface area contributed by atoms with Gasteiger partial charge in [0.15, 0.2) is 11.5 Å². The van der Waals surface area contributed by atoms with Crippen LogP contribution in [0.4, 0.5) is 10.5 Å². The van der Waals surface area contributed by atoms with Gasteiger partial charge in [0.25, 0.3) is 0 Å². The molecule has 7 heteroatoms. The number of anilines is 1. The van der Waals surface area contributed by atoms with Crippen LogP contribution >= 0.6 is 0 Å². The standard InChI is InChI=1S/C14H18N2O5/c1-19-11-4-3-10(9-12(11)20-2)15-13(17)5-6-16-7-8-21-14(16)18/h3-4,9H,5-8H2,1-2H3,(H,15,17). The molecule has 0 spiro atoms. The maximum Gasteiger partial charge on any atom is 0.409 e. The van der Waals surface area contributed by atoms with Crippen LogP contribution in [0, 0.1) is 0 Å². The summed E-state index contributed by atoms with van der Waals surface area (Å²) in [6.07, 6.45) is -0.155. The maximum absolute atomic E-state index is 11.9.